The molecule has 0 radical (unpaired) electrons. The lowest BCUT2D eigenvalue weighted by Gasteiger charge is -2.28. The van der Waals surface area contributed by atoms with Crippen molar-refractivity contribution in [3.05, 3.63) is 89.8 Å². The van der Waals surface area contributed by atoms with Crippen LogP contribution >= 0.6 is 0 Å². The molecule has 0 bridgehead atoms. The summed E-state index contributed by atoms with van der Waals surface area (Å²) in [4.78, 5) is 13.6. The Morgan fingerprint density at radius 1 is 1.04 bits per heavy atom. The monoisotopic (exact) mass is 365 g/mol. The third-order valence-corrected chi connectivity index (χ3v) is 5.22. The summed E-state index contributed by atoms with van der Waals surface area (Å²) in [5.74, 6) is 2.02. The number of aryl methyl sites for hydroxylation is 1. The van der Waals surface area contributed by atoms with E-state index < -0.39 is 0 Å². The highest BCUT2D eigenvalue weighted by atomic mass is 16.5. The molecule has 3 aromatic heterocycles. The molecule has 0 spiro atoms. The summed E-state index contributed by atoms with van der Waals surface area (Å²) in [5.41, 5.74) is 3.82. The van der Waals surface area contributed by atoms with E-state index >= 15 is 0 Å². The second-order valence-corrected chi connectivity index (χ2v) is 6.92. The Morgan fingerprint density at radius 3 is 2.86 bits per heavy atom. The third kappa shape index (κ3) is 2.08. The number of benzene rings is 2. The van der Waals surface area contributed by atoms with Crippen LogP contribution in [-0.2, 0) is 0 Å². The predicted molar refractivity (Wildman–Crippen MR) is 105 cm³/mol. The summed E-state index contributed by atoms with van der Waals surface area (Å²) in [5, 5.41) is 6.63. The average molecular weight is 365 g/mol. The zero-order valence-corrected chi connectivity index (χ0v) is 15.1. The standard InChI is InChI=1S/C22H15N5O/c1-13-25-21-19-18(15-6-4-10-23-11-15)17-9-8-14-5-2-3-7-16(14)20(17)28-22(19)24-12-27(21)26-13/h2-12,18H,1H3. The maximum atomic E-state index is 6.35. The van der Waals surface area contributed by atoms with Gasteiger partial charge in [-0.25, -0.2) is 14.5 Å². The second kappa shape index (κ2) is 5.60. The quantitative estimate of drug-likeness (QED) is 0.435. The van der Waals surface area contributed by atoms with Crippen LogP contribution < -0.4 is 4.74 Å². The molecule has 1 aliphatic heterocycles. The van der Waals surface area contributed by atoms with Crippen LogP contribution in [0.25, 0.3) is 16.4 Å². The van der Waals surface area contributed by atoms with Crippen molar-refractivity contribution in [1.82, 2.24) is 24.6 Å². The molecule has 0 N–H and O–H groups in total. The highest BCUT2D eigenvalue weighted by molar-refractivity contribution is 5.91. The van der Waals surface area contributed by atoms with Crippen molar-refractivity contribution < 1.29 is 4.74 Å². The number of ether oxygens (including phenoxy) is 1. The fourth-order valence-corrected chi connectivity index (χ4v) is 4.05. The first-order valence-corrected chi connectivity index (χ1v) is 9.11. The Labute approximate surface area is 160 Å². The van der Waals surface area contributed by atoms with E-state index in [1.165, 1.54) is 0 Å². The van der Waals surface area contributed by atoms with E-state index in [0.29, 0.717) is 11.7 Å². The van der Waals surface area contributed by atoms with Gasteiger partial charge in [-0.05, 0) is 23.9 Å². The zero-order valence-electron chi connectivity index (χ0n) is 15.1. The van der Waals surface area contributed by atoms with Gasteiger partial charge in [0.25, 0.3) is 0 Å². The van der Waals surface area contributed by atoms with Gasteiger partial charge in [-0.2, -0.15) is 5.10 Å². The Kier molecular flexibility index (Phi) is 3.05. The molecule has 4 heterocycles. The molecule has 0 fully saturated rings. The molecule has 0 saturated carbocycles. The molecule has 134 valence electrons. The minimum absolute atomic E-state index is 0.0862. The SMILES string of the molecule is Cc1nc2c3c(ncn2n1)Oc1c(ccc2ccccc12)C3c1cccnc1. The molecule has 0 saturated heterocycles. The highest BCUT2D eigenvalue weighted by Gasteiger charge is 2.34. The minimum atomic E-state index is -0.0862. The average Bonchev–Trinajstić information content (AvgIpc) is 3.13. The van der Waals surface area contributed by atoms with Crippen molar-refractivity contribution in [3.63, 3.8) is 0 Å². The van der Waals surface area contributed by atoms with Crippen molar-refractivity contribution in [3.8, 4) is 11.6 Å². The molecule has 0 aliphatic carbocycles. The summed E-state index contributed by atoms with van der Waals surface area (Å²) in [6.45, 7) is 1.88. The molecule has 1 aliphatic rings. The van der Waals surface area contributed by atoms with Gasteiger partial charge in [-0.1, -0.05) is 42.5 Å². The molecule has 5 aromatic rings. The fraction of sp³-hybridized carbons (Fsp3) is 0.0909. The summed E-state index contributed by atoms with van der Waals surface area (Å²) in [6, 6.07) is 16.5. The van der Waals surface area contributed by atoms with Gasteiger partial charge in [-0.3, -0.25) is 4.98 Å². The Morgan fingerprint density at radius 2 is 1.96 bits per heavy atom. The van der Waals surface area contributed by atoms with Crippen molar-refractivity contribution in [1.29, 1.82) is 0 Å². The topological polar surface area (TPSA) is 65.2 Å². The minimum Gasteiger partial charge on any atom is -0.438 e. The first-order valence-electron chi connectivity index (χ1n) is 9.11. The molecule has 1 unspecified atom stereocenters. The van der Waals surface area contributed by atoms with E-state index in [1.54, 1.807) is 17.0 Å². The fourth-order valence-electron chi connectivity index (χ4n) is 4.05. The summed E-state index contributed by atoms with van der Waals surface area (Å²) >= 11 is 0. The zero-order chi connectivity index (χ0) is 18.7. The van der Waals surface area contributed by atoms with Crippen molar-refractivity contribution >= 4 is 16.4 Å². The summed E-state index contributed by atoms with van der Waals surface area (Å²) in [6.07, 6.45) is 5.33. The Hall–Kier alpha value is -3.80. The van der Waals surface area contributed by atoms with E-state index in [2.05, 4.69) is 50.4 Å². The molecule has 6 nitrogen and oxygen atoms in total. The van der Waals surface area contributed by atoms with Gasteiger partial charge in [-0.15, -0.1) is 0 Å². The number of hydrogen-bond donors (Lipinski definition) is 0. The van der Waals surface area contributed by atoms with Crippen LogP contribution in [0, 0.1) is 6.92 Å². The van der Waals surface area contributed by atoms with Crippen molar-refractivity contribution in [2.75, 3.05) is 0 Å². The van der Waals surface area contributed by atoms with Crippen LogP contribution in [0.15, 0.2) is 67.3 Å². The van der Waals surface area contributed by atoms with Crippen LogP contribution in [0.5, 0.6) is 11.6 Å². The molecular formula is C22H15N5O. The Bertz CT molecular complexity index is 1360. The molecule has 6 heteroatoms. The lowest BCUT2D eigenvalue weighted by Crippen LogP contribution is -2.15. The van der Waals surface area contributed by atoms with E-state index in [9.17, 15) is 0 Å². The predicted octanol–water partition coefficient (Wildman–Crippen LogP) is 4.27. The molecular weight excluding hydrogens is 350 g/mol. The molecule has 2 aromatic carbocycles. The van der Waals surface area contributed by atoms with Crippen LogP contribution in [0.3, 0.4) is 0 Å². The van der Waals surface area contributed by atoms with E-state index in [1.807, 2.05) is 31.3 Å². The van der Waals surface area contributed by atoms with Gasteiger partial charge in [0.15, 0.2) is 5.65 Å². The second-order valence-electron chi connectivity index (χ2n) is 6.92. The largest absolute Gasteiger partial charge is 0.438 e. The van der Waals surface area contributed by atoms with E-state index in [0.717, 1.165) is 38.9 Å². The summed E-state index contributed by atoms with van der Waals surface area (Å²) < 4.78 is 8.06. The van der Waals surface area contributed by atoms with E-state index in [4.69, 9.17) is 4.74 Å². The number of aromatic nitrogens is 5. The number of hydrogen-bond acceptors (Lipinski definition) is 5. The van der Waals surface area contributed by atoms with Gasteiger partial charge in [0, 0.05) is 29.3 Å². The molecule has 6 rings (SSSR count). The van der Waals surface area contributed by atoms with Gasteiger partial charge >= 0.3 is 0 Å². The maximum Gasteiger partial charge on any atom is 0.228 e. The molecule has 0 amide bonds. The highest BCUT2D eigenvalue weighted by Crippen LogP contribution is 2.49. The normalized spacial score (nSPS) is 15.2. The lowest BCUT2D eigenvalue weighted by molar-refractivity contribution is 0.437. The van der Waals surface area contributed by atoms with Gasteiger partial charge in [0.05, 0.1) is 5.56 Å². The summed E-state index contributed by atoms with van der Waals surface area (Å²) in [7, 11) is 0. The first-order chi connectivity index (χ1) is 13.8. The number of fused-ring (bicyclic) bond motifs is 6. The van der Waals surface area contributed by atoms with Crippen molar-refractivity contribution in [2.24, 2.45) is 0 Å². The van der Waals surface area contributed by atoms with Crippen LogP contribution in [0.2, 0.25) is 0 Å². The number of nitrogens with zero attached hydrogens (tertiary/aromatic N) is 5. The van der Waals surface area contributed by atoms with Gasteiger partial charge < -0.3 is 4.74 Å². The smallest absolute Gasteiger partial charge is 0.228 e. The van der Waals surface area contributed by atoms with Crippen LogP contribution in [-0.4, -0.2) is 24.6 Å². The van der Waals surface area contributed by atoms with Gasteiger partial charge in [0.1, 0.15) is 17.9 Å². The first kappa shape index (κ1) is 15.3. The maximum absolute atomic E-state index is 6.35. The van der Waals surface area contributed by atoms with Gasteiger partial charge in [0.2, 0.25) is 5.88 Å². The Balaban J connectivity index is 1.73. The third-order valence-electron chi connectivity index (χ3n) is 5.22. The number of rotatable bonds is 1. The molecule has 1 atom stereocenters. The number of pyridine rings is 1. The van der Waals surface area contributed by atoms with Crippen LogP contribution in [0.1, 0.15) is 28.4 Å². The van der Waals surface area contributed by atoms with Crippen LogP contribution in [0.4, 0.5) is 0 Å². The van der Waals surface area contributed by atoms with Crippen molar-refractivity contribution in [2.45, 2.75) is 12.8 Å². The van der Waals surface area contributed by atoms with E-state index in [-0.39, 0.29) is 5.92 Å². The lowest BCUT2D eigenvalue weighted by atomic mass is 9.83. The molecule has 28 heavy (non-hydrogen) atoms.